The molecule has 1 heterocycles. The highest BCUT2D eigenvalue weighted by molar-refractivity contribution is 6.02. The Labute approximate surface area is 141 Å². The van der Waals surface area contributed by atoms with Gasteiger partial charge >= 0.3 is 0 Å². The summed E-state index contributed by atoms with van der Waals surface area (Å²) >= 11 is 0. The molecule has 0 unspecified atom stereocenters. The van der Waals surface area contributed by atoms with Crippen molar-refractivity contribution in [2.24, 2.45) is 0 Å². The van der Waals surface area contributed by atoms with Gasteiger partial charge in [-0.15, -0.1) is 0 Å². The third kappa shape index (κ3) is 4.70. The molecule has 1 aromatic heterocycles. The van der Waals surface area contributed by atoms with E-state index in [-0.39, 0.29) is 17.6 Å². The van der Waals surface area contributed by atoms with Crippen molar-refractivity contribution in [3.63, 3.8) is 0 Å². The summed E-state index contributed by atoms with van der Waals surface area (Å²) in [5.74, 6) is 0.518. The molecular weight excluding hydrogens is 308 g/mol. The van der Waals surface area contributed by atoms with Crippen molar-refractivity contribution in [2.75, 3.05) is 19.0 Å². The second kappa shape index (κ2) is 8.31. The number of carbonyl (C=O) groups is 2. The predicted molar refractivity (Wildman–Crippen MR) is 90.6 cm³/mol. The number of amides is 2. The van der Waals surface area contributed by atoms with Crippen LogP contribution in [0.25, 0.3) is 0 Å². The maximum atomic E-state index is 12.2. The van der Waals surface area contributed by atoms with Crippen molar-refractivity contribution in [1.82, 2.24) is 4.90 Å². The van der Waals surface area contributed by atoms with Crippen molar-refractivity contribution in [3.05, 3.63) is 53.5 Å². The van der Waals surface area contributed by atoms with E-state index in [0.29, 0.717) is 31.1 Å². The van der Waals surface area contributed by atoms with Crippen LogP contribution in [0.4, 0.5) is 5.69 Å². The number of methoxy groups -OCH3 is 1. The topological polar surface area (TPSA) is 71.8 Å². The lowest BCUT2D eigenvalue weighted by Gasteiger charge is -2.19. The Morgan fingerprint density at radius 3 is 2.71 bits per heavy atom. The molecule has 0 saturated carbocycles. The van der Waals surface area contributed by atoms with E-state index in [0.717, 1.165) is 5.56 Å². The molecule has 6 nitrogen and oxygen atoms in total. The van der Waals surface area contributed by atoms with Crippen molar-refractivity contribution < 1.29 is 18.7 Å². The van der Waals surface area contributed by atoms with E-state index in [1.54, 1.807) is 37.1 Å². The molecule has 128 valence electrons. The summed E-state index contributed by atoms with van der Waals surface area (Å²) in [5.41, 5.74) is 1.60. The molecule has 0 aliphatic rings. The third-order valence-corrected chi connectivity index (χ3v) is 3.56. The van der Waals surface area contributed by atoms with Gasteiger partial charge in [0, 0.05) is 32.8 Å². The molecule has 6 heteroatoms. The Bertz CT molecular complexity index is 709. The minimum Gasteiger partial charge on any atom is -0.453 e. The number of rotatable bonds is 7. The van der Waals surface area contributed by atoms with Crippen LogP contribution in [0.15, 0.2) is 40.8 Å². The summed E-state index contributed by atoms with van der Waals surface area (Å²) in [7, 11) is 1.56. The van der Waals surface area contributed by atoms with Gasteiger partial charge in [0.2, 0.25) is 5.91 Å². The van der Waals surface area contributed by atoms with Crippen LogP contribution in [-0.4, -0.2) is 30.4 Å². The molecule has 0 aliphatic carbocycles. The minimum absolute atomic E-state index is 0.0215. The van der Waals surface area contributed by atoms with Crippen LogP contribution in [0.3, 0.4) is 0 Å². The number of anilines is 1. The zero-order chi connectivity index (χ0) is 17.5. The van der Waals surface area contributed by atoms with Crippen molar-refractivity contribution >= 4 is 17.5 Å². The first-order chi connectivity index (χ1) is 11.5. The Balaban J connectivity index is 2.05. The minimum atomic E-state index is -0.326. The zero-order valence-corrected chi connectivity index (χ0v) is 14.2. The lowest BCUT2D eigenvalue weighted by Crippen LogP contribution is -2.27. The molecule has 0 saturated heterocycles. The Kier molecular flexibility index (Phi) is 6.14. The fraction of sp³-hybridized carbons (Fsp3) is 0.333. The fourth-order valence-electron chi connectivity index (χ4n) is 2.33. The van der Waals surface area contributed by atoms with Gasteiger partial charge in [-0.1, -0.05) is 12.1 Å². The van der Waals surface area contributed by atoms with Crippen LogP contribution < -0.4 is 5.32 Å². The number of benzene rings is 1. The first-order valence-electron chi connectivity index (χ1n) is 7.77. The van der Waals surface area contributed by atoms with Crippen LogP contribution in [0.2, 0.25) is 0 Å². The highest BCUT2D eigenvalue weighted by atomic mass is 16.5. The first-order valence-corrected chi connectivity index (χ1v) is 7.77. The maximum Gasteiger partial charge on any atom is 0.291 e. The number of ether oxygens (including phenoxy) is 1. The molecule has 0 radical (unpaired) electrons. The predicted octanol–water partition coefficient (Wildman–Crippen LogP) is 3.05. The van der Waals surface area contributed by atoms with E-state index in [1.165, 1.54) is 0 Å². The highest BCUT2D eigenvalue weighted by Gasteiger charge is 2.12. The molecule has 2 aromatic rings. The van der Waals surface area contributed by atoms with E-state index in [1.807, 2.05) is 25.1 Å². The number of nitrogens with one attached hydrogen (secondary N) is 1. The Morgan fingerprint density at radius 1 is 1.25 bits per heavy atom. The molecule has 0 spiro atoms. The van der Waals surface area contributed by atoms with E-state index in [9.17, 15) is 9.59 Å². The van der Waals surface area contributed by atoms with Gasteiger partial charge in [-0.05, 0) is 36.8 Å². The Morgan fingerprint density at radius 2 is 2.04 bits per heavy atom. The molecule has 0 fully saturated rings. The molecule has 24 heavy (non-hydrogen) atoms. The molecule has 1 N–H and O–H groups in total. The van der Waals surface area contributed by atoms with Gasteiger partial charge in [0.25, 0.3) is 5.91 Å². The SMILES string of the molecule is CCN(Cc1cccc(NC(=O)c2ccc(COC)o2)c1)C(C)=O. The van der Waals surface area contributed by atoms with Crippen LogP contribution in [0.5, 0.6) is 0 Å². The van der Waals surface area contributed by atoms with Crippen molar-refractivity contribution in [3.8, 4) is 0 Å². The summed E-state index contributed by atoms with van der Waals surface area (Å²) in [4.78, 5) is 25.5. The van der Waals surface area contributed by atoms with Gasteiger partial charge in [-0.25, -0.2) is 0 Å². The number of furan rings is 1. The van der Waals surface area contributed by atoms with Gasteiger partial charge in [-0.3, -0.25) is 9.59 Å². The van der Waals surface area contributed by atoms with E-state index in [2.05, 4.69) is 5.32 Å². The molecular formula is C18H22N2O4. The number of hydrogen-bond acceptors (Lipinski definition) is 4. The van der Waals surface area contributed by atoms with E-state index in [4.69, 9.17) is 9.15 Å². The molecule has 1 aromatic carbocycles. The van der Waals surface area contributed by atoms with Gasteiger partial charge < -0.3 is 19.4 Å². The van der Waals surface area contributed by atoms with Crippen molar-refractivity contribution in [1.29, 1.82) is 0 Å². The lowest BCUT2D eigenvalue weighted by molar-refractivity contribution is -0.129. The van der Waals surface area contributed by atoms with Crippen LogP contribution in [-0.2, 0) is 22.7 Å². The standard InChI is InChI=1S/C18H22N2O4/c1-4-20(13(2)21)11-14-6-5-7-15(10-14)19-18(22)17-9-8-16(24-17)12-23-3/h5-10H,4,11-12H2,1-3H3,(H,19,22). The lowest BCUT2D eigenvalue weighted by atomic mass is 10.2. The largest absolute Gasteiger partial charge is 0.453 e. The van der Waals surface area contributed by atoms with E-state index >= 15 is 0 Å². The van der Waals surface area contributed by atoms with Crippen molar-refractivity contribution in [2.45, 2.75) is 27.0 Å². The van der Waals surface area contributed by atoms with E-state index < -0.39 is 0 Å². The maximum absolute atomic E-state index is 12.2. The number of nitrogens with zero attached hydrogens (tertiary/aromatic N) is 1. The van der Waals surface area contributed by atoms with Gasteiger partial charge in [0.1, 0.15) is 12.4 Å². The Hall–Kier alpha value is -2.60. The third-order valence-electron chi connectivity index (χ3n) is 3.56. The molecule has 2 rings (SSSR count). The smallest absolute Gasteiger partial charge is 0.291 e. The first kappa shape index (κ1) is 17.7. The zero-order valence-electron chi connectivity index (χ0n) is 14.2. The second-order valence-electron chi connectivity index (χ2n) is 5.39. The average molecular weight is 330 g/mol. The summed E-state index contributed by atoms with van der Waals surface area (Å²) in [6.07, 6.45) is 0. The van der Waals surface area contributed by atoms with Gasteiger partial charge in [0.15, 0.2) is 5.76 Å². The highest BCUT2D eigenvalue weighted by Crippen LogP contribution is 2.16. The van der Waals surface area contributed by atoms with Gasteiger partial charge in [0.05, 0.1) is 0 Å². The summed E-state index contributed by atoms with van der Waals surface area (Å²) < 4.78 is 10.4. The molecule has 0 atom stereocenters. The quantitative estimate of drug-likeness (QED) is 0.847. The summed E-state index contributed by atoms with van der Waals surface area (Å²) in [6, 6.07) is 10.7. The van der Waals surface area contributed by atoms with Crippen LogP contribution in [0, 0.1) is 0 Å². The normalized spacial score (nSPS) is 10.5. The van der Waals surface area contributed by atoms with Gasteiger partial charge in [-0.2, -0.15) is 0 Å². The number of carbonyl (C=O) groups excluding carboxylic acids is 2. The molecule has 2 amide bonds. The van der Waals surface area contributed by atoms with Crippen LogP contribution in [0.1, 0.15) is 35.7 Å². The molecule has 0 aliphatic heterocycles. The summed E-state index contributed by atoms with van der Waals surface area (Å²) in [6.45, 7) is 4.95. The monoisotopic (exact) mass is 330 g/mol. The molecule has 0 bridgehead atoms. The summed E-state index contributed by atoms with van der Waals surface area (Å²) in [5, 5.41) is 2.80. The number of hydrogen-bond donors (Lipinski definition) is 1. The fourth-order valence-corrected chi connectivity index (χ4v) is 2.33. The second-order valence-corrected chi connectivity index (χ2v) is 5.39. The average Bonchev–Trinajstić information content (AvgIpc) is 3.02. The van der Waals surface area contributed by atoms with Crippen LogP contribution >= 0.6 is 0 Å².